The average molecular weight is 209 g/mol. The predicted molar refractivity (Wildman–Crippen MR) is 55.9 cm³/mol. The monoisotopic (exact) mass is 209 g/mol. The lowest BCUT2D eigenvalue weighted by Gasteiger charge is -2.36. The van der Waals surface area contributed by atoms with Crippen molar-refractivity contribution in [2.45, 2.75) is 31.7 Å². The van der Waals surface area contributed by atoms with Crippen LogP contribution in [0.5, 0.6) is 0 Å². The number of nitrogens with two attached hydrogens (primary N) is 1. The van der Waals surface area contributed by atoms with Crippen molar-refractivity contribution in [3.05, 3.63) is 0 Å². The summed E-state index contributed by atoms with van der Waals surface area (Å²) in [5.41, 5.74) is 6.26. The Morgan fingerprint density at radius 3 is 2.60 bits per heavy atom. The van der Waals surface area contributed by atoms with Crippen molar-refractivity contribution in [3.63, 3.8) is 0 Å². The Morgan fingerprint density at radius 2 is 1.87 bits per heavy atom. The number of hydrogen-bond donors (Lipinski definition) is 1. The minimum absolute atomic E-state index is 0.00810. The van der Waals surface area contributed by atoms with Crippen LogP contribution in [0.25, 0.3) is 0 Å². The van der Waals surface area contributed by atoms with Crippen molar-refractivity contribution in [2.24, 2.45) is 35.3 Å². The lowest BCUT2D eigenvalue weighted by atomic mass is 9.72. The van der Waals surface area contributed by atoms with Crippen LogP contribution in [0, 0.1) is 29.6 Å². The molecular weight excluding hydrogens is 190 g/mol. The van der Waals surface area contributed by atoms with Crippen molar-refractivity contribution >= 4 is 5.97 Å². The maximum atomic E-state index is 11.8. The highest BCUT2D eigenvalue weighted by molar-refractivity contribution is 5.74. The molecule has 15 heavy (non-hydrogen) atoms. The molecule has 3 nitrogen and oxygen atoms in total. The summed E-state index contributed by atoms with van der Waals surface area (Å²) in [4.78, 5) is 11.8. The molecule has 2 N–H and O–H groups in total. The van der Waals surface area contributed by atoms with Crippen molar-refractivity contribution in [2.75, 3.05) is 7.11 Å². The largest absolute Gasteiger partial charge is 0.469 e. The van der Waals surface area contributed by atoms with Gasteiger partial charge >= 0.3 is 5.97 Å². The van der Waals surface area contributed by atoms with Crippen LogP contribution in [0.2, 0.25) is 0 Å². The van der Waals surface area contributed by atoms with Crippen LogP contribution in [0.15, 0.2) is 0 Å². The normalized spacial score (nSPS) is 51.9. The second-order valence-corrected chi connectivity index (χ2v) is 5.45. The molecule has 0 unspecified atom stereocenters. The van der Waals surface area contributed by atoms with Crippen molar-refractivity contribution in [1.82, 2.24) is 0 Å². The molecule has 4 aliphatic rings. The van der Waals surface area contributed by atoms with Crippen LogP contribution >= 0.6 is 0 Å². The molecule has 4 saturated carbocycles. The predicted octanol–water partition coefficient (Wildman–Crippen LogP) is 1.17. The molecule has 84 valence electrons. The van der Waals surface area contributed by atoms with Crippen LogP contribution < -0.4 is 5.73 Å². The highest BCUT2D eigenvalue weighted by atomic mass is 16.5. The zero-order chi connectivity index (χ0) is 10.6. The Hall–Kier alpha value is -0.570. The van der Waals surface area contributed by atoms with Gasteiger partial charge in [0.15, 0.2) is 0 Å². The van der Waals surface area contributed by atoms with E-state index in [-0.39, 0.29) is 17.9 Å². The molecule has 4 aliphatic carbocycles. The highest BCUT2D eigenvalue weighted by Crippen LogP contribution is 2.61. The molecule has 6 atom stereocenters. The molecule has 4 rings (SSSR count). The summed E-state index contributed by atoms with van der Waals surface area (Å²) >= 11 is 0. The Bertz CT molecular complexity index is 291. The lowest BCUT2D eigenvalue weighted by Crippen LogP contribution is -2.48. The van der Waals surface area contributed by atoms with Gasteiger partial charge in [0.25, 0.3) is 0 Å². The molecule has 2 bridgehead atoms. The zero-order valence-corrected chi connectivity index (χ0v) is 9.19. The van der Waals surface area contributed by atoms with Crippen molar-refractivity contribution < 1.29 is 9.53 Å². The number of methoxy groups -OCH3 is 1. The van der Waals surface area contributed by atoms with Gasteiger partial charge in [-0.15, -0.1) is 0 Å². The summed E-state index contributed by atoms with van der Waals surface area (Å²) in [5, 5.41) is 0. The number of ether oxygens (including phenoxy) is 1. The van der Waals surface area contributed by atoms with Gasteiger partial charge in [-0.25, -0.2) is 0 Å². The van der Waals surface area contributed by atoms with Crippen LogP contribution in [0.1, 0.15) is 25.7 Å². The third kappa shape index (κ3) is 1.25. The summed E-state index contributed by atoms with van der Waals surface area (Å²) < 4.78 is 4.92. The van der Waals surface area contributed by atoms with Gasteiger partial charge in [-0.05, 0) is 42.9 Å². The number of hydrogen-bond acceptors (Lipinski definition) is 3. The van der Waals surface area contributed by atoms with Crippen LogP contribution in [0.4, 0.5) is 0 Å². The fourth-order valence-corrected chi connectivity index (χ4v) is 4.18. The summed E-state index contributed by atoms with van der Waals surface area (Å²) in [5.74, 6) is 2.68. The first kappa shape index (κ1) is 9.64. The van der Waals surface area contributed by atoms with Gasteiger partial charge in [-0.1, -0.05) is 6.42 Å². The van der Waals surface area contributed by atoms with E-state index in [1.807, 2.05) is 0 Å². The number of carbonyl (C=O) groups excluding carboxylic acids is 1. The van der Waals surface area contributed by atoms with E-state index in [2.05, 4.69) is 0 Å². The van der Waals surface area contributed by atoms with Gasteiger partial charge in [0, 0.05) is 6.04 Å². The maximum Gasteiger partial charge on any atom is 0.310 e. The number of esters is 1. The highest BCUT2D eigenvalue weighted by Gasteiger charge is 2.60. The van der Waals surface area contributed by atoms with Crippen molar-refractivity contribution in [3.8, 4) is 0 Å². The second kappa shape index (κ2) is 3.21. The second-order valence-electron chi connectivity index (χ2n) is 5.45. The minimum Gasteiger partial charge on any atom is -0.469 e. The van der Waals surface area contributed by atoms with Crippen LogP contribution in [-0.2, 0) is 9.53 Å². The van der Waals surface area contributed by atoms with E-state index in [1.54, 1.807) is 0 Å². The molecular formula is C12H19NO2. The molecule has 0 spiro atoms. The Balaban J connectivity index is 1.91. The minimum atomic E-state index is -0.0650. The van der Waals surface area contributed by atoms with Gasteiger partial charge in [-0.3, -0.25) is 4.79 Å². The molecule has 0 aromatic heterocycles. The van der Waals surface area contributed by atoms with E-state index in [1.165, 1.54) is 32.8 Å². The number of fused-ring (bicyclic) bond motifs is 3. The standard InChI is InChI=1S/C12H19NO2/c1-15-12(14)10-6-3-2-4-7(11(10)13)9-5-8(6)9/h6-11H,2-5,13H2,1H3/t6-,7+,8-,9+,10-,11-/m0/s1. The van der Waals surface area contributed by atoms with Gasteiger partial charge < -0.3 is 10.5 Å². The molecule has 4 fully saturated rings. The third-order valence-corrected chi connectivity index (χ3v) is 4.91. The summed E-state index contributed by atoms with van der Waals surface area (Å²) in [6, 6.07) is 0.0636. The first-order valence-corrected chi connectivity index (χ1v) is 6.07. The Morgan fingerprint density at radius 1 is 1.20 bits per heavy atom. The average Bonchev–Trinajstić information content (AvgIpc) is 2.98. The smallest absolute Gasteiger partial charge is 0.310 e. The quantitative estimate of drug-likeness (QED) is 0.659. The van der Waals surface area contributed by atoms with E-state index >= 15 is 0 Å². The molecule has 0 radical (unpaired) electrons. The van der Waals surface area contributed by atoms with Crippen LogP contribution in [0.3, 0.4) is 0 Å². The molecule has 0 amide bonds. The van der Waals surface area contributed by atoms with Gasteiger partial charge in [0.1, 0.15) is 0 Å². The van der Waals surface area contributed by atoms with E-state index in [0.29, 0.717) is 11.8 Å². The first-order chi connectivity index (χ1) is 7.24. The Kier molecular flexibility index (Phi) is 2.06. The van der Waals surface area contributed by atoms with E-state index in [9.17, 15) is 4.79 Å². The van der Waals surface area contributed by atoms with E-state index in [0.717, 1.165) is 11.8 Å². The van der Waals surface area contributed by atoms with Gasteiger partial charge in [0.2, 0.25) is 0 Å². The van der Waals surface area contributed by atoms with Crippen molar-refractivity contribution in [1.29, 1.82) is 0 Å². The summed E-state index contributed by atoms with van der Waals surface area (Å²) in [6.07, 6.45) is 4.98. The molecule has 0 aromatic rings. The Labute approximate surface area is 90.4 Å². The maximum absolute atomic E-state index is 11.8. The molecule has 0 aliphatic heterocycles. The van der Waals surface area contributed by atoms with Gasteiger partial charge in [-0.2, -0.15) is 0 Å². The summed E-state index contributed by atoms with van der Waals surface area (Å²) in [7, 11) is 1.48. The molecule has 3 heteroatoms. The lowest BCUT2D eigenvalue weighted by molar-refractivity contribution is -0.150. The summed E-state index contributed by atoms with van der Waals surface area (Å²) in [6.45, 7) is 0. The fraction of sp³-hybridized carbons (Fsp3) is 0.917. The SMILES string of the molecule is COC(=O)[C@@H]1[C@@H](N)[C@@H]2CCC[C@H]1[C@@H]1C[C@@H]12. The number of rotatable bonds is 1. The third-order valence-electron chi connectivity index (χ3n) is 4.91. The molecule has 0 saturated heterocycles. The molecule has 0 aromatic carbocycles. The zero-order valence-electron chi connectivity index (χ0n) is 9.19. The molecule has 0 heterocycles. The fourth-order valence-electron chi connectivity index (χ4n) is 4.18. The first-order valence-electron chi connectivity index (χ1n) is 6.07. The van der Waals surface area contributed by atoms with Crippen LogP contribution in [-0.4, -0.2) is 19.1 Å². The van der Waals surface area contributed by atoms with Gasteiger partial charge in [0.05, 0.1) is 13.0 Å². The number of carbonyl (C=O) groups is 1. The van der Waals surface area contributed by atoms with E-state index < -0.39 is 0 Å². The topological polar surface area (TPSA) is 52.3 Å². The van der Waals surface area contributed by atoms with E-state index in [4.69, 9.17) is 10.5 Å².